The van der Waals surface area contributed by atoms with E-state index in [0.717, 1.165) is 0 Å². The Balaban J connectivity index is 2.55. The van der Waals surface area contributed by atoms with Gasteiger partial charge in [-0.05, 0) is 31.5 Å². The summed E-state index contributed by atoms with van der Waals surface area (Å²) < 4.78 is 10.5. The molecule has 0 bridgehead atoms. The van der Waals surface area contributed by atoms with Gasteiger partial charge in [-0.25, -0.2) is 4.79 Å². The molecule has 1 aromatic carbocycles. The molecule has 142 valence electrons. The van der Waals surface area contributed by atoms with Crippen LogP contribution in [-0.4, -0.2) is 36.0 Å². The van der Waals surface area contributed by atoms with Crippen LogP contribution < -0.4 is 0 Å². The molecule has 6 heteroatoms. The molecular weight excluding hydrogens is 346 g/mol. The predicted octanol–water partition coefficient (Wildman–Crippen LogP) is 3.30. The molecule has 0 saturated carbocycles. The Morgan fingerprint density at radius 3 is 2.30 bits per heavy atom. The maximum absolute atomic E-state index is 12.7. The number of nitrogens with zero attached hydrogens (tertiary/aromatic N) is 1. The number of ether oxygens (including phenoxy) is 2. The minimum atomic E-state index is -0.788. The number of allylic oxidation sites excluding steroid dienone is 1. The molecule has 0 aromatic heterocycles. The van der Waals surface area contributed by atoms with E-state index in [2.05, 4.69) is 18.2 Å². The van der Waals surface area contributed by atoms with E-state index in [9.17, 15) is 14.7 Å². The highest BCUT2D eigenvalue weighted by molar-refractivity contribution is 6.07. The van der Waals surface area contributed by atoms with Crippen LogP contribution in [0.2, 0.25) is 0 Å². The SMILES string of the molecule is C=CCOC(=O)C1=C(C)N=C(C)C(C(=O)OCC=C)[C@@H]1c1ccc(O)cc1. The van der Waals surface area contributed by atoms with Crippen LogP contribution >= 0.6 is 0 Å². The standard InChI is InChI=1S/C21H23NO5/c1-5-11-26-20(24)17-13(3)22-14(4)18(21(25)27-12-6-2)19(17)15-7-9-16(23)10-8-15/h5-10,17,19,23H,1-2,11-12H2,3-4H3/t17?,19-/m0/s1. The first-order valence-electron chi connectivity index (χ1n) is 8.51. The average molecular weight is 369 g/mol. The number of esters is 2. The lowest BCUT2D eigenvalue weighted by Gasteiger charge is -2.31. The molecule has 0 aliphatic carbocycles. The number of carbonyl (C=O) groups excluding carboxylic acids is 2. The van der Waals surface area contributed by atoms with Gasteiger partial charge in [0.25, 0.3) is 0 Å². The van der Waals surface area contributed by atoms with E-state index in [4.69, 9.17) is 9.47 Å². The van der Waals surface area contributed by atoms with E-state index < -0.39 is 23.8 Å². The van der Waals surface area contributed by atoms with Gasteiger partial charge in [-0.1, -0.05) is 37.4 Å². The number of benzene rings is 1. The molecular formula is C21H23NO5. The van der Waals surface area contributed by atoms with Crippen molar-refractivity contribution in [2.45, 2.75) is 19.8 Å². The highest BCUT2D eigenvalue weighted by Crippen LogP contribution is 2.40. The Kier molecular flexibility index (Phi) is 6.71. The van der Waals surface area contributed by atoms with E-state index in [0.29, 0.717) is 17.0 Å². The third-order valence-electron chi connectivity index (χ3n) is 4.23. The van der Waals surface area contributed by atoms with Gasteiger partial charge >= 0.3 is 11.9 Å². The van der Waals surface area contributed by atoms with Crippen molar-refractivity contribution in [3.8, 4) is 5.75 Å². The number of carbonyl (C=O) groups is 2. The summed E-state index contributed by atoms with van der Waals surface area (Å²) in [5, 5.41) is 9.60. The van der Waals surface area contributed by atoms with Crippen LogP contribution in [0.25, 0.3) is 0 Å². The molecule has 1 aromatic rings. The fraction of sp³-hybridized carbons (Fsp3) is 0.286. The molecule has 0 fully saturated rings. The van der Waals surface area contributed by atoms with E-state index in [1.807, 2.05) is 0 Å². The topological polar surface area (TPSA) is 85.2 Å². The van der Waals surface area contributed by atoms with Crippen molar-refractivity contribution >= 4 is 17.7 Å². The normalized spacial score (nSPS) is 19.1. The summed E-state index contributed by atoms with van der Waals surface area (Å²) in [4.78, 5) is 29.8. The lowest BCUT2D eigenvalue weighted by atomic mass is 9.75. The molecule has 0 saturated heterocycles. The van der Waals surface area contributed by atoms with Crippen LogP contribution in [0.3, 0.4) is 0 Å². The summed E-state index contributed by atoms with van der Waals surface area (Å²) in [6.45, 7) is 10.6. The van der Waals surface area contributed by atoms with Crippen molar-refractivity contribution in [1.29, 1.82) is 0 Å². The van der Waals surface area contributed by atoms with Crippen molar-refractivity contribution in [3.63, 3.8) is 0 Å². The maximum atomic E-state index is 12.7. The van der Waals surface area contributed by atoms with Gasteiger partial charge in [-0.3, -0.25) is 9.79 Å². The second kappa shape index (κ2) is 8.98. The average Bonchev–Trinajstić information content (AvgIpc) is 2.64. The first kappa shape index (κ1) is 20.2. The van der Waals surface area contributed by atoms with Crippen LogP contribution in [0, 0.1) is 5.92 Å². The van der Waals surface area contributed by atoms with Crippen molar-refractivity contribution < 1.29 is 24.2 Å². The molecule has 6 nitrogen and oxygen atoms in total. The highest BCUT2D eigenvalue weighted by atomic mass is 16.5. The summed E-state index contributed by atoms with van der Waals surface area (Å²) in [6.07, 6.45) is 2.94. The lowest BCUT2D eigenvalue weighted by molar-refractivity contribution is -0.145. The van der Waals surface area contributed by atoms with Gasteiger partial charge in [-0.15, -0.1) is 0 Å². The second-order valence-corrected chi connectivity index (χ2v) is 6.10. The highest BCUT2D eigenvalue weighted by Gasteiger charge is 2.42. The van der Waals surface area contributed by atoms with Crippen LogP contribution in [0.1, 0.15) is 25.3 Å². The predicted molar refractivity (Wildman–Crippen MR) is 102 cm³/mol. The molecule has 1 aliphatic rings. The van der Waals surface area contributed by atoms with E-state index in [1.165, 1.54) is 24.3 Å². The Morgan fingerprint density at radius 1 is 1.11 bits per heavy atom. The van der Waals surface area contributed by atoms with E-state index in [1.54, 1.807) is 26.0 Å². The Hall–Kier alpha value is -3.15. The van der Waals surface area contributed by atoms with Gasteiger partial charge in [0.2, 0.25) is 0 Å². The largest absolute Gasteiger partial charge is 0.508 e. The molecule has 1 aliphatic heterocycles. The van der Waals surface area contributed by atoms with Crippen molar-refractivity contribution in [1.82, 2.24) is 0 Å². The van der Waals surface area contributed by atoms with E-state index >= 15 is 0 Å². The molecule has 1 heterocycles. The quantitative estimate of drug-likeness (QED) is 0.589. The molecule has 2 atom stereocenters. The van der Waals surface area contributed by atoms with Gasteiger partial charge in [0.1, 0.15) is 24.9 Å². The van der Waals surface area contributed by atoms with Gasteiger partial charge in [0.05, 0.1) is 5.57 Å². The summed E-state index contributed by atoms with van der Waals surface area (Å²) >= 11 is 0. The summed E-state index contributed by atoms with van der Waals surface area (Å²) in [5.74, 6) is -2.41. The Bertz CT molecular complexity index is 804. The molecule has 0 spiro atoms. The van der Waals surface area contributed by atoms with Crippen LogP contribution in [0.4, 0.5) is 0 Å². The summed E-state index contributed by atoms with van der Waals surface area (Å²) in [5.41, 5.74) is 1.98. The molecule has 0 radical (unpaired) electrons. The number of hydrogen-bond acceptors (Lipinski definition) is 6. The number of rotatable bonds is 7. The molecule has 27 heavy (non-hydrogen) atoms. The van der Waals surface area contributed by atoms with Gasteiger partial charge in [0, 0.05) is 17.3 Å². The van der Waals surface area contributed by atoms with Crippen molar-refractivity contribution in [3.05, 3.63) is 66.4 Å². The Labute approximate surface area is 158 Å². The zero-order valence-electron chi connectivity index (χ0n) is 15.5. The number of aromatic hydroxyl groups is 1. The second-order valence-electron chi connectivity index (χ2n) is 6.10. The number of phenolic OH excluding ortho intramolecular Hbond substituents is 1. The molecule has 0 amide bonds. The zero-order valence-corrected chi connectivity index (χ0v) is 15.5. The van der Waals surface area contributed by atoms with E-state index in [-0.39, 0.29) is 24.5 Å². The van der Waals surface area contributed by atoms with Crippen LogP contribution in [-0.2, 0) is 19.1 Å². The number of phenols is 1. The smallest absolute Gasteiger partial charge is 0.336 e. The molecule has 1 N–H and O–H groups in total. The third-order valence-corrected chi connectivity index (χ3v) is 4.23. The third kappa shape index (κ3) is 4.53. The number of aliphatic imine (C=N–C) groups is 1. The first-order chi connectivity index (χ1) is 12.9. The van der Waals surface area contributed by atoms with Gasteiger partial charge < -0.3 is 14.6 Å². The first-order valence-corrected chi connectivity index (χ1v) is 8.51. The van der Waals surface area contributed by atoms with Crippen molar-refractivity contribution in [2.75, 3.05) is 13.2 Å². The zero-order chi connectivity index (χ0) is 20.0. The molecule has 2 rings (SSSR count). The van der Waals surface area contributed by atoms with Crippen LogP contribution in [0.5, 0.6) is 5.75 Å². The van der Waals surface area contributed by atoms with Gasteiger partial charge in [0.15, 0.2) is 0 Å². The minimum absolute atomic E-state index is 0.0478. The summed E-state index contributed by atoms with van der Waals surface area (Å²) in [7, 11) is 0. The fourth-order valence-corrected chi connectivity index (χ4v) is 3.09. The maximum Gasteiger partial charge on any atom is 0.336 e. The van der Waals surface area contributed by atoms with Crippen molar-refractivity contribution in [2.24, 2.45) is 10.9 Å². The minimum Gasteiger partial charge on any atom is -0.508 e. The summed E-state index contributed by atoms with van der Waals surface area (Å²) in [6, 6.07) is 6.34. The van der Waals surface area contributed by atoms with Crippen LogP contribution in [0.15, 0.2) is 65.8 Å². The lowest BCUT2D eigenvalue weighted by Crippen LogP contribution is -2.36. The fourth-order valence-electron chi connectivity index (χ4n) is 3.09. The Morgan fingerprint density at radius 2 is 1.70 bits per heavy atom. The number of hydrogen-bond donors (Lipinski definition) is 1. The monoisotopic (exact) mass is 369 g/mol. The molecule has 1 unspecified atom stereocenters. The van der Waals surface area contributed by atoms with Gasteiger partial charge in [-0.2, -0.15) is 0 Å².